The summed E-state index contributed by atoms with van der Waals surface area (Å²) < 4.78 is 0. The molecule has 0 aliphatic heterocycles. The van der Waals surface area contributed by atoms with E-state index in [1.807, 2.05) is 6.20 Å². The lowest BCUT2D eigenvalue weighted by atomic mass is 10.4. The van der Waals surface area contributed by atoms with Crippen LogP contribution in [0, 0.1) is 0 Å². The van der Waals surface area contributed by atoms with Gasteiger partial charge in [0.1, 0.15) is 6.29 Å². The van der Waals surface area contributed by atoms with Crippen molar-refractivity contribution in [1.82, 2.24) is 4.98 Å². The number of carbonyl (C=O) groups excluding carboxylic acids is 1. The molecule has 2 rings (SSSR count). The molecule has 0 spiro atoms. The van der Waals surface area contributed by atoms with E-state index in [0.717, 1.165) is 17.2 Å². The molecule has 3 heteroatoms. The van der Waals surface area contributed by atoms with Gasteiger partial charge in [-0.15, -0.1) is 11.3 Å². The fraction of sp³-hybridized carbons (Fsp3) is 0.500. The highest BCUT2D eigenvalue weighted by molar-refractivity contribution is 7.11. The van der Waals surface area contributed by atoms with Crippen LogP contribution in [0.25, 0.3) is 0 Å². The Morgan fingerprint density at radius 1 is 1.73 bits per heavy atom. The van der Waals surface area contributed by atoms with Gasteiger partial charge in [0.05, 0.1) is 11.4 Å². The molecular weight excluding hydrogens is 158 g/mol. The van der Waals surface area contributed by atoms with Gasteiger partial charge in [-0.25, -0.2) is 4.98 Å². The van der Waals surface area contributed by atoms with Crippen LogP contribution >= 0.6 is 11.3 Å². The summed E-state index contributed by atoms with van der Waals surface area (Å²) in [6.07, 6.45) is 5.93. The molecule has 1 heterocycles. The van der Waals surface area contributed by atoms with Crippen molar-refractivity contribution in [3.63, 3.8) is 0 Å². The highest BCUT2D eigenvalue weighted by atomic mass is 32.1. The minimum absolute atomic E-state index is 0.484. The van der Waals surface area contributed by atoms with Crippen LogP contribution in [0.15, 0.2) is 6.20 Å². The van der Waals surface area contributed by atoms with Crippen LogP contribution in [-0.2, 0) is 11.2 Å². The third-order valence-corrected chi connectivity index (χ3v) is 2.99. The first-order valence-electron chi connectivity index (χ1n) is 3.78. The van der Waals surface area contributed by atoms with Gasteiger partial charge in [-0.05, 0) is 18.8 Å². The van der Waals surface area contributed by atoms with Crippen LogP contribution in [0.3, 0.4) is 0 Å². The van der Waals surface area contributed by atoms with Gasteiger partial charge < -0.3 is 4.79 Å². The van der Waals surface area contributed by atoms with Crippen LogP contribution in [0.5, 0.6) is 0 Å². The molecule has 0 amide bonds. The van der Waals surface area contributed by atoms with E-state index in [1.165, 1.54) is 17.7 Å². The van der Waals surface area contributed by atoms with Gasteiger partial charge in [0, 0.05) is 11.1 Å². The lowest BCUT2D eigenvalue weighted by molar-refractivity contribution is -0.107. The van der Waals surface area contributed by atoms with Gasteiger partial charge in [-0.3, -0.25) is 0 Å². The second-order valence-corrected chi connectivity index (χ2v) is 3.95. The number of carbonyl (C=O) groups is 1. The van der Waals surface area contributed by atoms with Crippen molar-refractivity contribution in [2.45, 2.75) is 25.2 Å². The molecule has 58 valence electrons. The van der Waals surface area contributed by atoms with E-state index in [1.54, 1.807) is 11.3 Å². The molecular formula is C8H9NOS. The van der Waals surface area contributed by atoms with Gasteiger partial charge in [0.25, 0.3) is 0 Å². The Bertz CT molecular complexity index is 265. The van der Waals surface area contributed by atoms with Gasteiger partial charge in [0.2, 0.25) is 0 Å². The van der Waals surface area contributed by atoms with E-state index in [-0.39, 0.29) is 0 Å². The smallest absolute Gasteiger partial charge is 0.126 e. The summed E-state index contributed by atoms with van der Waals surface area (Å²) in [6.45, 7) is 0. The summed E-state index contributed by atoms with van der Waals surface area (Å²) >= 11 is 1.69. The van der Waals surface area contributed by atoms with E-state index in [4.69, 9.17) is 0 Å². The Hall–Kier alpha value is -0.700. The highest BCUT2D eigenvalue weighted by Crippen LogP contribution is 2.42. The van der Waals surface area contributed by atoms with E-state index in [2.05, 4.69) is 4.98 Å². The van der Waals surface area contributed by atoms with Crippen molar-refractivity contribution < 1.29 is 4.79 Å². The van der Waals surface area contributed by atoms with Crippen molar-refractivity contribution in [3.05, 3.63) is 16.1 Å². The van der Waals surface area contributed by atoms with Gasteiger partial charge in [-0.1, -0.05) is 0 Å². The quantitative estimate of drug-likeness (QED) is 0.642. The second-order valence-electron chi connectivity index (χ2n) is 2.80. The number of rotatable bonds is 3. The van der Waals surface area contributed by atoms with Crippen LogP contribution in [-0.4, -0.2) is 11.3 Å². The normalized spacial score (nSPS) is 16.7. The first-order chi connectivity index (χ1) is 5.40. The molecule has 0 unspecified atom stereocenters. The van der Waals surface area contributed by atoms with Gasteiger partial charge >= 0.3 is 0 Å². The van der Waals surface area contributed by atoms with E-state index in [0.29, 0.717) is 6.42 Å². The molecule has 0 bridgehead atoms. The van der Waals surface area contributed by atoms with Gasteiger partial charge in [-0.2, -0.15) is 0 Å². The summed E-state index contributed by atoms with van der Waals surface area (Å²) in [5.74, 6) is 0.771. The van der Waals surface area contributed by atoms with Crippen molar-refractivity contribution >= 4 is 17.6 Å². The van der Waals surface area contributed by atoms with Crippen molar-refractivity contribution in [2.75, 3.05) is 0 Å². The molecule has 1 saturated carbocycles. The largest absolute Gasteiger partial charge is 0.303 e. The number of thiazole rings is 1. The average Bonchev–Trinajstić information content (AvgIpc) is 2.75. The fourth-order valence-electron chi connectivity index (χ4n) is 1.05. The third kappa shape index (κ3) is 1.48. The van der Waals surface area contributed by atoms with E-state index in [9.17, 15) is 4.79 Å². The van der Waals surface area contributed by atoms with Crippen molar-refractivity contribution in [1.29, 1.82) is 0 Å². The summed E-state index contributed by atoms with van der Waals surface area (Å²) in [7, 11) is 0. The van der Waals surface area contributed by atoms with E-state index < -0.39 is 0 Å². The first kappa shape index (κ1) is 6.98. The summed E-state index contributed by atoms with van der Waals surface area (Å²) in [5.41, 5.74) is 0. The Balaban J connectivity index is 2.11. The molecule has 1 aliphatic carbocycles. The maximum Gasteiger partial charge on any atom is 0.126 e. The fourth-order valence-corrected chi connectivity index (χ4v) is 2.08. The van der Waals surface area contributed by atoms with E-state index >= 15 is 0 Å². The monoisotopic (exact) mass is 167 g/mol. The molecule has 0 N–H and O–H groups in total. The predicted octanol–water partition coefficient (Wildman–Crippen LogP) is 1.76. The summed E-state index contributed by atoms with van der Waals surface area (Å²) in [5, 5.41) is 0.960. The zero-order valence-corrected chi connectivity index (χ0v) is 6.93. The third-order valence-electron chi connectivity index (χ3n) is 1.81. The Morgan fingerprint density at radius 2 is 2.55 bits per heavy atom. The first-order valence-corrected chi connectivity index (χ1v) is 4.60. The van der Waals surface area contributed by atoms with Crippen molar-refractivity contribution in [3.8, 4) is 0 Å². The number of hydrogen-bond donors (Lipinski definition) is 0. The Kier molecular flexibility index (Phi) is 1.74. The predicted molar refractivity (Wildman–Crippen MR) is 43.9 cm³/mol. The average molecular weight is 167 g/mol. The topological polar surface area (TPSA) is 30.0 Å². The maximum absolute atomic E-state index is 10.1. The number of aromatic nitrogens is 1. The SMILES string of the molecule is O=CCc1ncc(C2CC2)s1. The molecule has 0 saturated heterocycles. The van der Waals surface area contributed by atoms with Crippen LogP contribution in [0.1, 0.15) is 28.6 Å². The molecule has 1 aromatic rings. The maximum atomic E-state index is 10.1. The summed E-state index contributed by atoms with van der Waals surface area (Å²) in [6, 6.07) is 0. The molecule has 11 heavy (non-hydrogen) atoms. The molecule has 2 nitrogen and oxygen atoms in total. The van der Waals surface area contributed by atoms with Crippen LogP contribution in [0.2, 0.25) is 0 Å². The van der Waals surface area contributed by atoms with Crippen LogP contribution in [0.4, 0.5) is 0 Å². The number of hydrogen-bond acceptors (Lipinski definition) is 3. The Morgan fingerprint density at radius 3 is 3.18 bits per heavy atom. The number of nitrogens with zero attached hydrogens (tertiary/aromatic N) is 1. The molecule has 1 aromatic heterocycles. The standard InChI is InChI=1S/C8H9NOS/c10-4-3-8-9-5-7(11-8)6-1-2-6/h4-6H,1-3H2. The second kappa shape index (κ2) is 2.74. The zero-order chi connectivity index (χ0) is 7.68. The number of aldehydes is 1. The highest BCUT2D eigenvalue weighted by Gasteiger charge is 2.25. The van der Waals surface area contributed by atoms with Crippen molar-refractivity contribution in [2.24, 2.45) is 0 Å². The molecule has 0 radical (unpaired) electrons. The lowest BCUT2D eigenvalue weighted by Gasteiger charge is -1.83. The minimum Gasteiger partial charge on any atom is -0.303 e. The molecule has 0 atom stereocenters. The lowest BCUT2D eigenvalue weighted by Crippen LogP contribution is -1.80. The zero-order valence-electron chi connectivity index (χ0n) is 6.12. The van der Waals surface area contributed by atoms with Crippen LogP contribution < -0.4 is 0 Å². The molecule has 0 aromatic carbocycles. The Labute approximate surface area is 69.3 Å². The molecule has 1 fully saturated rings. The van der Waals surface area contributed by atoms with Gasteiger partial charge in [0.15, 0.2) is 0 Å². The minimum atomic E-state index is 0.484. The summed E-state index contributed by atoms with van der Waals surface area (Å²) in [4.78, 5) is 15.7. The molecule has 1 aliphatic rings.